The fraction of sp³-hybridized carbons (Fsp3) is 0.417. The summed E-state index contributed by atoms with van der Waals surface area (Å²) in [4.78, 5) is 20.3. The highest BCUT2D eigenvalue weighted by Crippen LogP contribution is 2.43. The van der Waals surface area contributed by atoms with E-state index < -0.39 is 0 Å². The molecule has 1 aliphatic carbocycles. The van der Waals surface area contributed by atoms with Crippen molar-refractivity contribution in [3.63, 3.8) is 0 Å². The quantitative estimate of drug-likeness (QED) is 0.512. The molecule has 0 bridgehead atoms. The van der Waals surface area contributed by atoms with E-state index in [0.29, 0.717) is 5.02 Å². The molecule has 3 aromatic rings. The molecule has 156 valence electrons. The first-order valence-corrected chi connectivity index (χ1v) is 11.9. The number of hydrogen-bond acceptors (Lipinski definition) is 4. The van der Waals surface area contributed by atoms with Gasteiger partial charge in [0.05, 0.1) is 15.6 Å². The Morgan fingerprint density at radius 2 is 1.77 bits per heavy atom. The highest BCUT2D eigenvalue weighted by Gasteiger charge is 2.45. The van der Waals surface area contributed by atoms with E-state index in [9.17, 15) is 4.79 Å². The molecule has 1 aromatic heterocycles. The summed E-state index contributed by atoms with van der Waals surface area (Å²) in [6, 6.07) is 16.0. The molecule has 6 heteroatoms. The maximum atomic E-state index is 13.6. The van der Waals surface area contributed by atoms with Crippen LogP contribution in [0.25, 0.3) is 10.2 Å². The third-order valence-electron chi connectivity index (χ3n) is 6.53. The van der Waals surface area contributed by atoms with Crippen LogP contribution < -0.4 is 4.74 Å². The van der Waals surface area contributed by atoms with Crippen molar-refractivity contribution >= 4 is 39.1 Å². The summed E-state index contributed by atoms with van der Waals surface area (Å²) in [6.45, 7) is 1.48. The van der Waals surface area contributed by atoms with Crippen molar-refractivity contribution in [1.29, 1.82) is 0 Å². The van der Waals surface area contributed by atoms with Crippen LogP contribution in [0.15, 0.2) is 48.5 Å². The molecule has 0 N–H and O–H groups in total. The third kappa shape index (κ3) is 3.69. The molecule has 0 atom stereocenters. The number of halogens is 1. The second kappa shape index (κ2) is 8.20. The van der Waals surface area contributed by atoms with Gasteiger partial charge in [0, 0.05) is 31.0 Å². The number of para-hydroxylation sites is 1. The van der Waals surface area contributed by atoms with Crippen LogP contribution in [-0.4, -0.2) is 35.0 Å². The summed E-state index contributed by atoms with van der Waals surface area (Å²) >= 11 is 7.68. The lowest BCUT2D eigenvalue weighted by atomic mass is 9.77. The number of amides is 1. The topological polar surface area (TPSA) is 42.4 Å². The van der Waals surface area contributed by atoms with Crippen LogP contribution in [0, 0.1) is 0 Å². The zero-order valence-electron chi connectivity index (χ0n) is 16.9. The SMILES string of the molecule is O=C(N1CCC(Oc2nc3ccccc3s2)CC1)C1(c2ccc(Cl)cc2)CCCC1. The van der Waals surface area contributed by atoms with Crippen LogP contribution in [0.4, 0.5) is 0 Å². The zero-order valence-corrected chi connectivity index (χ0v) is 18.4. The number of nitrogens with zero attached hydrogens (tertiary/aromatic N) is 2. The van der Waals surface area contributed by atoms with Crippen molar-refractivity contribution in [2.45, 2.75) is 50.0 Å². The summed E-state index contributed by atoms with van der Waals surface area (Å²) in [5.41, 5.74) is 1.71. The first kappa shape index (κ1) is 19.8. The van der Waals surface area contributed by atoms with Gasteiger partial charge in [-0.2, -0.15) is 0 Å². The number of rotatable bonds is 4. The second-order valence-corrected chi connectivity index (χ2v) is 9.78. The Bertz CT molecular complexity index is 1000. The van der Waals surface area contributed by atoms with Crippen molar-refractivity contribution in [3.05, 3.63) is 59.1 Å². The molecule has 0 unspecified atom stereocenters. The van der Waals surface area contributed by atoms with E-state index in [2.05, 4.69) is 16.0 Å². The van der Waals surface area contributed by atoms with E-state index in [1.54, 1.807) is 11.3 Å². The molecule has 2 fully saturated rings. The van der Waals surface area contributed by atoms with Gasteiger partial charge in [-0.05, 0) is 42.7 Å². The number of likely N-dealkylation sites (tertiary alicyclic amines) is 1. The van der Waals surface area contributed by atoms with Gasteiger partial charge in [0.25, 0.3) is 5.19 Å². The maximum Gasteiger partial charge on any atom is 0.274 e. The first-order chi connectivity index (χ1) is 14.6. The van der Waals surface area contributed by atoms with Gasteiger partial charge in [-0.1, -0.05) is 60.0 Å². The molecule has 2 heterocycles. The molecule has 4 nitrogen and oxygen atoms in total. The monoisotopic (exact) mass is 440 g/mol. The van der Waals surface area contributed by atoms with Crippen molar-refractivity contribution in [3.8, 4) is 5.19 Å². The molecule has 1 aliphatic heterocycles. The van der Waals surface area contributed by atoms with Gasteiger partial charge in [0.2, 0.25) is 5.91 Å². The fourth-order valence-electron chi connectivity index (χ4n) is 4.90. The van der Waals surface area contributed by atoms with Gasteiger partial charge < -0.3 is 9.64 Å². The summed E-state index contributed by atoms with van der Waals surface area (Å²) < 4.78 is 7.32. The van der Waals surface area contributed by atoms with Crippen molar-refractivity contribution < 1.29 is 9.53 Å². The minimum absolute atomic E-state index is 0.115. The number of ether oxygens (including phenoxy) is 1. The van der Waals surface area contributed by atoms with Crippen molar-refractivity contribution in [2.75, 3.05) is 13.1 Å². The lowest BCUT2D eigenvalue weighted by Gasteiger charge is -2.38. The fourth-order valence-corrected chi connectivity index (χ4v) is 5.90. The van der Waals surface area contributed by atoms with Gasteiger partial charge >= 0.3 is 0 Å². The van der Waals surface area contributed by atoms with Crippen molar-refractivity contribution in [1.82, 2.24) is 9.88 Å². The summed E-state index contributed by atoms with van der Waals surface area (Å²) in [6.07, 6.45) is 5.86. The predicted octanol–water partition coefficient (Wildman–Crippen LogP) is 5.83. The highest BCUT2D eigenvalue weighted by molar-refractivity contribution is 7.20. The molecule has 2 aliphatic rings. The van der Waals surface area contributed by atoms with E-state index in [0.717, 1.165) is 72.6 Å². The number of thiazole rings is 1. The number of carbonyl (C=O) groups excluding carboxylic acids is 1. The number of fused-ring (bicyclic) bond motifs is 1. The van der Waals surface area contributed by atoms with Gasteiger partial charge in [-0.15, -0.1) is 0 Å². The number of benzene rings is 2. The van der Waals surface area contributed by atoms with Gasteiger partial charge in [-0.3, -0.25) is 4.79 Å². The molecule has 30 heavy (non-hydrogen) atoms. The van der Waals surface area contributed by atoms with Crippen molar-refractivity contribution in [2.24, 2.45) is 0 Å². The van der Waals surface area contributed by atoms with Crippen LogP contribution in [0.3, 0.4) is 0 Å². The molecular weight excluding hydrogens is 416 g/mol. The van der Waals surface area contributed by atoms with Crippen LogP contribution >= 0.6 is 22.9 Å². The van der Waals surface area contributed by atoms with E-state index in [4.69, 9.17) is 16.3 Å². The van der Waals surface area contributed by atoms with E-state index in [-0.39, 0.29) is 17.4 Å². The summed E-state index contributed by atoms with van der Waals surface area (Å²) in [5.74, 6) is 0.278. The van der Waals surface area contributed by atoms with Crippen LogP contribution in [0.2, 0.25) is 5.02 Å². The lowest BCUT2D eigenvalue weighted by molar-refractivity contribution is -0.139. The Morgan fingerprint density at radius 1 is 1.07 bits per heavy atom. The maximum absolute atomic E-state index is 13.6. The Hall–Kier alpha value is -2.11. The Kier molecular flexibility index (Phi) is 5.42. The second-order valence-electron chi connectivity index (χ2n) is 8.35. The number of carbonyl (C=O) groups is 1. The Labute approximate surface area is 185 Å². The molecule has 1 amide bonds. The van der Waals surface area contributed by atoms with E-state index in [1.807, 2.05) is 42.5 Å². The highest BCUT2D eigenvalue weighted by atomic mass is 35.5. The molecule has 1 saturated heterocycles. The summed E-state index contributed by atoms with van der Waals surface area (Å²) in [5, 5.41) is 1.45. The average molecular weight is 441 g/mol. The average Bonchev–Trinajstić information content (AvgIpc) is 3.42. The van der Waals surface area contributed by atoms with Gasteiger partial charge in [0.1, 0.15) is 6.10 Å². The number of piperidine rings is 1. The number of hydrogen-bond donors (Lipinski definition) is 0. The molecule has 5 rings (SSSR count). The van der Waals surface area contributed by atoms with Crippen LogP contribution in [0.5, 0.6) is 5.19 Å². The minimum atomic E-state index is -0.384. The smallest absolute Gasteiger partial charge is 0.274 e. The minimum Gasteiger partial charge on any atom is -0.467 e. The summed E-state index contributed by atoms with van der Waals surface area (Å²) in [7, 11) is 0. The van der Waals surface area contributed by atoms with E-state index in [1.165, 1.54) is 0 Å². The standard InChI is InChI=1S/C24H25ClN2O2S/c25-18-9-7-17(8-10-18)24(13-3-4-14-24)22(28)27-15-11-19(12-16-27)29-23-26-20-5-1-2-6-21(20)30-23/h1-2,5-10,19H,3-4,11-16H2. The molecule has 1 saturated carbocycles. The molecular formula is C24H25ClN2O2S. The number of aromatic nitrogens is 1. The molecule has 0 spiro atoms. The normalized spacial score (nSPS) is 19.3. The van der Waals surface area contributed by atoms with Crippen LogP contribution in [0.1, 0.15) is 44.1 Å². The van der Waals surface area contributed by atoms with Crippen LogP contribution in [-0.2, 0) is 10.2 Å². The zero-order chi connectivity index (χ0) is 20.6. The van der Waals surface area contributed by atoms with Gasteiger partial charge in [-0.25, -0.2) is 4.98 Å². The molecule has 0 radical (unpaired) electrons. The molecule has 2 aromatic carbocycles. The lowest BCUT2D eigenvalue weighted by Crippen LogP contribution is -2.50. The Balaban J connectivity index is 1.26. The first-order valence-electron chi connectivity index (χ1n) is 10.7. The largest absolute Gasteiger partial charge is 0.467 e. The predicted molar refractivity (Wildman–Crippen MR) is 121 cm³/mol. The third-order valence-corrected chi connectivity index (χ3v) is 7.71. The Morgan fingerprint density at radius 3 is 2.47 bits per heavy atom. The van der Waals surface area contributed by atoms with Gasteiger partial charge in [0.15, 0.2) is 0 Å². The van der Waals surface area contributed by atoms with E-state index >= 15 is 0 Å².